The molecule has 1 aliphatic heterocycles. The molecule has 1 atom stereocenters. The van der Waals surface area contributed by atoms with E-state index in [0.717, 1.165) is 36.2 Å². The molecule has 1 unspecified atom stereocenters. The first-order valence-electron chi connectivity index (χ1n) is 6.12. The Bertz CT molecular complexity index is 568. The quantitative estimate of drug-likeness (QED) is 0.861. The maximum absolute atomic E-state index is 9.43. The van der Waals surface area contributed by atoms with Crippen LogP contribution in [0.3, 0.4) is 0 Å². The van der Waals surface area contributed by atoms with Crippen LogP contribution in [0.2, 0.25) is 0 Å². The van der Waals surface area contributed by atoms with Crippen LogP contribution in [0.5, 0.6) is 0 Å². The number of aliphatic hydroxyl groups is 1. The summed E-state index contributed by atoms with van der Waals surface area (Å²) in [6.07, 6.45) is 6.08. The Morgan fingerprint density at radius 2 is 2.33 bits per heavy atom. The second-order valence-corrected chi connectivity index (χ2v) is 5.23. The average Bonchev–Trinajstić information content (AvgIpc) is 2.81. The van der Waals surface area contributed by atoms with Crippen molar-refractivity contribution in [2.45, 2.75) is 13.3 Å². The van der Waals surface area contributed by atoms with Gasteiger partial charge in [0.05, 0.1) is 18.3 Å². The Kier molecular flexibility index (Phi) is 2.63. The number of hydrogen-bond acceptors (Lipinski definition) is 5. The van der Waals surface area contributed by atoms with Gasteiger partial charge >= 0.3 is 0 Å². The van der Waals surface area contributed by atoms with Gasteiger partial charge in [0.25, 0.3) is 0 Å². The molecule has 5 heteroatoms. The monoisotopic (exact) mass is 244 g/mol. The topological polar surface area (TPSA) is 62.1 Å². The SMILES string of the molecule is CC1(CO)CCN(c2ncnc3cnccc23)C1. The Morgan fingerprint density at radius 3 is 3.11 bits per heavy atom. The number of aliphatic hydroxyl groups excluding tert-OH is 1. The molecule has 0 aliphatic carbocycles. The van der Waals surface area contributed by atoms with Crippen LogP contribution in [0.1, 0.15) is 13.3 Å². The van der Waals surface area contributed by atoms with Gasteiger partial charge in [0, 0.05) is 30.1 Å². The van der Waals surface area contributed by atoms with Crippen molar-refractivity contribution in [3.63, 3.8) is 0 Å². The molecule has 5 nitrogen and oxygen atoms in total. The lowest BCUT2D eigenvalue weighted by atomic mass is 9.91. The van der Waals surface area contributed by atoms with Crippen LogP contribution in [-0.4, -0.2) is 39.8 Å². The van der Waals surface area contributed by atoms with Gasteiger partial charge in [-0.15, -0.1) is 0 Å². The van der Waals surface area contributed by atoms with Gasteiger partial charge < -0.3 is 10.0 Å². The number of fused-ring (bicyclic) bond motifs is 1. The average molecular weight is 244 g/mol. The molecule has 0 spiro atoms. The summed E-state index contributed by atoms with van der Waals surface area (Å²) in [6.45, 7) is 4.08. The standard InChI is InChI=1S/C13H16N4O/c1-13(8-18)3-5-17(7-13)12-10-2-4-14-6-11(10)15-9-16-12/h2,4,6,9,18H,3,5,7-8H2,1H3. The first-order valence-corrected chi connectivity index (χ1v) is 6.12. The fourth-order valence-corrected chi connectivity index (χ4v) is 2.48. The number of nitrogens with zero attached hydrogens (tertiary/aromatic N) is 4. The molecule has 0 radical (unpaired) electrons. The largest absolute Gasteiger partial charge is 0.396 e. The summed E-state index contributed by atoms with van der Waals surface area (Å²) in [4.78, 5) is 14.9. The highest BCUT2D eigenvalue weighted by molar-refractivity contribution is 5.88. The highest BCUT2D eigenvalue weighted by Crippen LogP contribution is 2.34. The van der Waals surface area contributed by atoms with Crippen LogP contribution < -0.4 is 4.90 Å². The lowest BCUT2D eigenvalue weighted by molar-refractivity contribution is 0.162. The molecular formula is C13H16N4O. The highest BCUT2D eigenvalue weighted by Gasteiger charge is 2.34. The van der Waals surface area contributed by atoms with E-state index in [1.165, 1.54) is 0 Å². The molecule has 2 aromatic heterocycles. The Morgan fingerprint density at radius 1 is 1.44 bits per heavy atom. The van der Waals surface area contributed by atoms with Crippen LogP contribution in [0.4, 0.5) is 5.82 Å². The van der Waals surface area contributed by atoms with Gasteiger partial charge in [0.15, 0.2) is 0 Å². The second-order valence-electron chi connectivity index (χ2n) is 5.23. The summed E-state index contributed by atoms with van der Waals surface area (Å²) in [7, 11) is 0. The molecule has 0 bridgehead atoms. The van der Waals surface area contributed by atoms with Crippen molar-refractivity contribution in [3.05, 3.63) is 24.8 Å². The van der Waals surface area contributed by atoms with Crippen molar-refractivity contribution in [1.29, 1.82) is 0 Å². The minimum absolute atomic E-state index is 0.0235. The molecule has 1 fully saturated rings. The minimum atomic E-state index is -0.0235. The molecule has 3 rings (SSSR count). The number of pyridine rings is 1. The third kappa shape index (κ3) is 1.80. The fourth-order valence-electron chi connectivity index (χ4n) is 2.48. The summed E-state index contributed by atoms with van der Waals surface area (Å²) in [5.41, 5.74) is 0.838. The van der Waals surface area contributed by atoms with Gasteiger partial charge in [-0.1, -0.05) is 6.92 Å². The van der Waals surface area contributed by atoms with Crippen molar-refractivity contribution in [2.75, 3.05) is 24.6 Å². The van der Waals surface area contributed by atoms with Crippen molar-refractivity contribution >= 4 is 16.7 Å². The fraction of sp³-hybridized carbons (Fsp3) is 0.462. The molecule has 0 saturated carbocycles. The van der Waals surface area contributed by atoms with Gasteiger partial charge in [0.2, 0.25) is 0 Å². The molecule has 0 aromatic carbocycles. The van der Waals surface area contributed by atoms with E-state index in [-0.39, 0.29) is 12.0 Å². The van der Waals surface area contributed by atoms with Crippen LogP contribution in [0, 0.1) is 5.41 Å². The zero-order chi connectivity index (χ0) is 12.6. The molecule has 2 aromatic rings. The van der Waals surface area contributed by atoms with Gasteiger partial charge in [-0.05, 0) is 12.5 Å². The third-order valence-corrected chi connectivity index (χ3v) is 3.66. The number of aromatic nitrogens is 3. The minimum Gasteiger partial charge on any atom is -0.396 e. The van der Waals surface area contributed by atoms with Crippen LogP contribution in [-0.2, 0) is 0 Å². The number of hydrogen-bond donors (Lipinski definition) is 1. The Hall–Kier alpha value is -1.75. The van der Waals surface area contributed by atoms with E-state index < -0.39 is 0 Å². The first-order chi connectivity index (χ1) is 8.72. The summed E-state index contributed by atoms with van der Waals surface area (Å²) in [5.74, 6) is 0.944. The van der Waals surface area contributed by atoms with E-state index in [1.54, 1.807) is 18.7 Å². The summed E-state index contributed by atoms with van der Waals surface area (Å²) < 4.78 is 0. The number of rotatable bonds is 2. The summed E-state index contributed by atoms with van der Waals surface area (Å²) in [6, 6.07) is 1.94. The van der Waals surface area contributed by atoms with Gasteiger partial charge in [-0.2, -0.15) is 0 Å². The summed E-state index contributed by atoms with van der Waals surface area (Å²) in [5, 5.41) is 10.5. The van der Waals surface area contributed by atoms with Crippen LogP contribution in [0.25, 0.3) is 10.9 Å². The molecular weight excluding hydrogens is 228 g/mol. The predicted molar refractivity (Wildman–Crippen MR) is 69.4 cm³/mol. The smallest absolute Gasteiger partial charge is 0.140 e. The molecule has 0 amide bonds. The second kappa shape index (κ2) is 4.17. The van der Waals surface area contributed by atoms with Gasteiger partial charge in [-0.25, -0.2) is 9.97 Å². The van der Waals surface area contributed by atoms with Crippen molar-refractivity contribution < 1.29 is 5.11 Å². The van der Waals surface area contributed by atoms with Gasteiger partial charge in [-0.3, -0.25) is 4.98 Å². The first kappa shape index (κ1) is 11.3. The molecule has 1 saturated heterocycles. The molecule has 1 aliphatic rings. The predicted octanol–water partition coefficient (Wildman–Crippen LogP) is 1.23. The molecule has 94 valence electrons. The molecule has 18 heavy (non-hydrogen) atoms. The Balaban J connectivity index is 2.01. The maximum atomic E-state index is 9.43. The highest BCUT2D eigenvalue weighted by atomic mass is 16.3. The van der Waals surface area contributed by atoms with E-state index in [4.69, 9.17) is 0 Å². The van der Waals surface area contributed by atoms with E-state index in [1.807, 2.05) is 6.07 Å². The normalized spacial score (nSPS) is 23.8. The third-order valence-electron chi connectivity index (χ3n) is 3.66. The summed E-state index contributed by atoms with van der Waals surface area (Å²) >= 11 is 0. The van der Waals surface area contributed by atoms with E-state index in [2.05, 4.69) is 26.8 Å². The van der Waals surface area contributed by atoms with E-state index >= 15 is 0 Å². The maximum Gasteiger partial charge on any atom is 0.140 e. The van der Waals surface area contributed by atoms with E-state index in [9.17, 15) is 5.11 Å². The zero-order valence-electron chi connectivity index (χ0n) is 10.4. The Labute approximate surface area is 106 Å². The zero-order valence-corrected chi connectivity index (χ0v) is 10.4. The lowest BCUT2D eigenvalue weighted by Crippen LogP contribution is -2.28. The lowest BCUT2D eigenvalue weighted by Gasteiger charge is -2.23. The van der Waals surface area contributed by atoms with Crippen LogP contribution >= 0.6 is 0 Å². The van der Waals surface area contributed by atoms with Crippen molar-refractivity contribution in [1.82, 2.24) is 15.0 Å². The molecule has 3 heterocycles. The van der Waals surface area contributed by atoms with Crippen LogP contribution in [0.15, 0.2) is 24.8 Å². The number of anilines is 1. The van der Waals surface area contributed by atoms with Crippen molar-refractivity contribution in [3.8, 4) is 0 Å². The van der Waals surface area contributed by atoms with E-state index in [0.29, 0.717) is 0 Å². The van der Waals surface area contributed by atoms with Crippen molar-refractivity contribution in [2.24, 2.45) is 5.41 Å². The van der Waals surface area contributed by atoms with Gasteiger partial charge in [0.1, 0.15) is 12.1 Å². The molecule has 1 N–H and O–H groups in total.